The van der Waals surface area contributed by atoms with Gasteiger partial charge in [-0.05, 0) is 43.2 Å². The van der Waals surface area contributed by atoms with Gasteiger partial charge in [-0.3, -0.25) is 9.59 Å². The molecule has 140 valence electrons. The van der Waals surface area contributed by atoms with Gasteiger partial charge in [-0.25, -0.2) is 0 Å². The lowest BCUT2D eigenvalue weighted by atomic mass is 9.86. The zero-order chi connectivity index (χ0) is 19.0. The third kappa shape index (κ3) is 3.18. The number of likely N-dealkylation sites (tertiary alicyclic amines) is 1. The molecule has 0 N–H and O–H groups in total. The van der Waals surface area contributed by atoms with Gasteiger partial charge in [-0.1, -0.05) is 24.3 Å². The van der Waals surface area contributed by atoms with Crippen molar-refractivity contribution in [2.24, 2.45) is 5.41 Å². The predicted molar refractivity (Wildman–Crippen MR) is 104 cm³/mol. The lowest BCUT2D eigenvalue weighted by Crippen LogP contribution is -2.34. The second-order valence-corrected chi connectivity index (χ2v) is 7.65. The Morgan fingerprint density at radius 3 is 2.70 bits per heavy atom. The number of carbonyl (C=O) groups excluding carboxylic acids is 2. The number of anilines is 1. The van der Waals surface area contributed by atoms with Crippen LogP contribution in [0.2, 0.25) is 0 Å². The SMILES string of the molecule is COc1cccc(C(=O)N2CC[C@]3(CC(=O)N(c4ccccc4C)C3)C2)c1. The normalized spacial score (nSPS) is 21.9. The molecule has 4 rings (SSSR count). The van der Waals surface area contributed by atoms with Crippen LogP contribution in [0.25, 0.3) is 0 Å². The van der Waals surface area contributed by atoms with Gasteiger partial charge < -0.3 is 14.5 Å². The molecule has 2 fully saturated rings. The molecular formula is C22H24N2O3. The first-order chi connectivity index (χ1) is 13.0. The minimum absolute atomic E-state index is 0.00701. The minimum Gasteiger partial charge on any atom is -0.497 e. The van der Waals surface area contributed by atoms with Crippen molar-refractivity contribution in [2.45, 2.75) is 19.8 Å². The number of para-hydroxylation sites is 1. The Labute approximate surface area is 159 Å². The summed E-state index contributed by atoms with van der Waals surface area (Å²) in [6.07, 6.45) is 1.36. The fourth-order valence-electron chi connectivity index (χ4n) is 4.30. The molecule has 0 aliphatic carbocycles. The zero-order valence-electron chi connectivity index (χ0n) is 15.8. The van der Waals surface area contributed by atoms with Crippen LogP contribution in [0.4, 0.5) is 5.69 Å². The van der Waals surface area contributed by atoms with Crippen LogP contribution in [0.1, 0.15) is 28.8 Å². The Morgan fingerprint density at radius 2 is 1.93 bits per heavy atom. The Balaban J connectivity index is 1.51. The maximum absolute atomic E-state index is 12.9. The van der Waals surface area contributed by atoms with Crippen LogP contribution in [-0.2, 0) is 4.79 Å². The molecular weight excluding hydrogens is 340 g/mol. The molecule has 0 radical (unpaired) electrons. The molecule has 2 aliphatic rings. The van der Waals surface area contributed by atoms with Crippen LogP contribution < -0.4 is 9.64 Å². The maximum atomic E-state index is 12.9. The maximum Gasteiger partial charge on any atom is 0.254 e. The smallest absolute Gasteiger partial charge is 0.254 e. The predicted octanol–water partition coefficient (Wildman–Crippen LogP) is 3.27. The third-order valence-electron chi connectivity index (χ3n) is 5.77. The van der Waals surface area contributed by atoms with Crippen LogP contribution >= 0.6 is 0 Å². The van der Waals surface area contributed by atoms with Gasteiger partial charge in [0.15, 0.2) is 0 Å². The number of methoxy groups -OCH3 is 1. The topological polar surface area (TPSA) is 49.9 Å². The van der Waals surface area contributed by atoms with Crippen molar-refractivity contribution in [3.8, 4) is 5.75 Å². The van der Waals surface area contributed by atoms with Crippen LogP contribution in [0.3, 0.4) is 0 Å². The number of carbonyl (C=O) groups is 2. The van der Waals surface area contributed by atoms with Crippen LogP contribution in [-0.4, -0.2) is 43.5 Å². The second kappa shape index (κ2) is 6.72. The van der Waals surface area contributed by atoms with Crippen molar-refractivity contribution in [1.29, 1.82) is 0 Å². The molecule has 0 bridgehead atoms. The molecule has 2 amide bonds. The first kappa shape index (κ1) is 17.6. The van der Waals surface area contributed by atoms with Gasteiger partial charge in [0.05, 0.1) is 7.11 Å². The first-order valence-electron chi connectivity index (χ1n) is 9.31. The minimum atomic E-state index is -0.145. The molecule has 0 saturated carbocycles. The molecule has 1 spiro atoms. The van der Waals surface area contributed by atoms with E-state index < -0.39 is 0 Å². The van der Waals surface area contributed by atoms with Crippen molar-refractivity contribution in [1.82, 2.24) is 4.90 Å². The fourth-order valence-corrected chi connectivity index (χ4v) is 4.30. The Morgan fingerprint density at radius 1 is 1.11 bits per heavy atom. The van der Waals surface area contributed by atoms with Crippen molar-refractivity contribution in [3.05, 3.63) is 59.7 Å². The van der Waals surface area contributed by atoms with Crippen molar-refractivity contribution >= 4 is 17.5 Å². The van der Waals surface area contributed by atoms with Crippen LogP contribution in [0.15, 0.2) is 48.5 Å². The largest absolute Gasteiger partial charge is 0.497 e. The van der Waals surface area contributed by atoms with E-state index in [2.05, 4.69) is 0 Å². The summed E-state index contributed by atoms with van der Waals surface area (Å²) in [5.41, 5.74) is 2.57. The van der Waals surface area contributed by atoms with Gasteiger partial charge >= 0.3 is 0 Å². The number of ether oxygens (including phenoxy) is 1. The van der Waals surface area contributed by atoms with Gasteiger partial charge in [0.2, 0.25) is 5.91 Å². The van der Waals surface area contributed by atoms with Gasteiger partial charge in [0.1, 0.15) is 5.75 Å². The number of amides is 2. The van der Waals surface area contributed by atoms with E-state index in [4.69, 9.17) is 4.74 Å². The number of benzene rings is 2. The summed E-state index contributed by atoms with van der Waals surface area (Å²) in [6, 6.07) is 15.2. The van der Waals surface area contributed by atoms with Gasteiger partial charge in [0, 0.05) is 42.7 Å². The summed E-state index contributed by atoms with van der Waals surface area (Å²) in [4.78, 5) is 29.4. The van der Waals surface area contributed by atoms with Crippen molar-refractivity contribution < 1.29 is 14.3 Å². The summed E-state index contributed by atoms with van der Waals surface area (Å²) in [7, 11) is 1.60. The van der Waals surface area contributed by atoms with E-state index >= 15 is 0 Å². The molecule has 5 heteroatoms. The molecule has 0 aromatic heterocycles. The highest BCUT2D eigenvalue weighted by Crippen LogP contribution is 2.42. The molecule has 1 atom stereocenters. The lowest BCUT2D eigenvalue weighted by Gasteiger charge is -2.25. The molecule has 2 aromatic carbocycles. The van der Waals surface area contributed by atoms with E-state index in [0.717, 1.165) is 17.7 Å². The Hall–Kier alpha value is -2.82. The number of hydrogen-bond acceptors (Lipinski definition) is 3. The highest BCUT2D eigenvalue weighted by Gasteiger charge is 2.49. The fraction of sp³-hybridized carbons (Fsp3) is 0.364. The standard InChI is InChI=1S/C22H24N2O3/c1-16-6-3-4-9-19(16)24-15-22(13-20(24)25)10-11-23(14-22)21(26)17-7-5-8-18(12-17)27-2/h3-9,12H,10-11,13-15H2,1-2H3/t22-/m0/s1. The molecule has 2 aliphatic heterocycles. The average Bonchev–Trinajstić information content (AvgIpc) is 3.24. The summed E-state index contributed by atoms with van der Waals surface area (Å²) in [6.45, 7) is 4.02. The summed E-state index contributed by atoms with van der Waals surface area (Å²) in [5, 5.41) is 0. The van der Waals surface area contributed by atoms with Crippen molar-refractivity contribution in [2.75, 3.05) is 31.6 Å². The summed E-state index contributed by atoms with van der Waals surface area (Å²) >= 11 is 0. The van der Waals surface area contributed by atoms with E-state index in [1.807, 2.05) is 59.2 Å². The van der Waals surface area contributed by atoms with E-state index in [9.17, 15) is 9.59 Å². The summed E-state index contributed by atoms with van der Waals surface area (Å²) < 4.78 is 5.23. The monoisotopic (exact) mass is 364 g/mol. The molecule has 2 saturated heterocycles. The lowest BCUT2D eigenvalue weighted by molar-refractivity contribution is -0.117. The van der Waals surface area contributed by atoms with Crippen molar-refractivity contribution in [3.63, 3.8) is 0 Å². The number of hydrogen-bond donors (Lipinski definition) is 0. The van der Waals surface area contributed by atoms with E-state index in [1.54, 1.807) is 13.2 Å². The highest BCUT2D eigenvalue weighted by molar-refractivity contribution is 5.98. The van der Waals surface area contributed by atoms with E-state index in [0.29, 0.717) is 37.4 Å². The van der Waals surface area contributed by atoms with Crippen LogP contribution in [0.5, 0.6) is 5.75 Å². The quantitative estimate of drug-likeness (QED) is 0.840. The average molecular weight is 364 g/mol. The van der Waals surface area contributed by atoms with Gasteiger partial charge in [0.25, 0.3) is 5.91 Å². The molecule has 2 heterocycles. The van der Waals surface area contributed by atoms with Crippen LogP contribution in [0, 0.1) is 12.3 Å². The second-order valence-electron chi connectivity index (χ2n) is 7.65. The third-order valence-corrected chi connectivity index (χ3v) is 5.77. The number of nitrogens with zero attached hydrogens (tertiary/aromatic N) is 2. The van der Waals surface area contributed by atoms with Gasteiger partial charge in [-0.15, -0.1) is 0 Å². The molecule has 2 aromatic rings. The summed E-state index contributed by atoms with van der Waals surface area (Å²) in [5.74, 6) is 0.837. The Bertz CT molecular complexity index is 895. The Kier molecular flexibility index (Phi) is 4.38. The number of aryl methyl sites for hydroxylation is 1. The number of rotatable bonds is 3. The van der Waals surface area contributed by atoms with Gasteiger partial charge in [-0.2, -0.15) is 0 Å². The first-order valence-corrected chi connectivity index (χ1v) is 9.31. The molecule has 5 nitrogen and oxygen atoms in total. The van der Waals surface area contributed by atoms with E-state index in [-0.39, 0.29) is 17.2 Å². The molecule has 27 heavy (non-hydrogen) atoms. The highest BCUT2D eigenvalue weighted by atomic mass is 16.5. The van der Waals surface area contributed by atoms with E-state index in [1.165, 1.54) is 0 Å². The molecule has 0 unspecified atom stereocenters. The zero-order valence-corrected chi connectivity index (χ0v) is 15.8.